The molecule has 0 aliphatic heterocycles. The summed E-state index contributed by atoms with van der Waals surface area (Å²) in [6.07, 6.45) is 0. The summed E-state index contributed by atoms with van der Waals surface area (Å²) in [6, 6.07) is 49.0. The third kappa shape index (κ3) is 4.25. The Morgan fingerprint density at radius 3 is 1.88 bits per heavy atom. The van der Waals surface area contributed by atoms with E-state index in [-0.39, 0.29) is 0 Å². The Morgan fingerprint density at radius 2 is 1.06 bits per heavy atom. The summed E-state index contributed by atoms with van der Waals surface area (Å²) in [5.74, 6) is 1.79. The van der Waals surface area contributed by atoms with Gasteiger partial charge in [0.25, 0.3) is 0 Å². The number of nitrogens with zero attached hydrogens (tertiary/aromatic N) is 6. The lowest BCUT2D eigenvalue weighted by Crippen LogP contribution is -2.00. The smallest absolute Gasteiger partial charge is 0.164 e. The van der Waals surface area contributed by atoms with Crippen LogP contribution in [0.2, 0.25) is 0 Å². The van der Waals surface area contributed by atoms with Gasteiger partial charge in [0.2, 0.25) is 0 Å². The van der Waals surface area contributed by atoms with Gasteiger partial charge in [-0.15, -0.1) is 10.2 Å². The summed E-state index contributed by atoms with van der Waals surface area (Å²) in [5.41, 5.74) is 6.96. The lowest BCUT2D eigenvalue weighted by Gasteiger charge is -2.10. The Kier molecular flexibility index (Phi) is 5.74. The minimum atomic E-state index is 0.582. The molecule has 0 bridgehead atoms. The maximum atomic E-state index is 6.20. The van der Waals surface area contributed by atoms with Crippen LogP contribution in [0, 0.1) is 0 Å². The number of rotatable bonds is 4. The zero-order chi connectivity index (χ0) is 31.6. The minimum Gasteiger partial charge on any atom is -0.456 e. The van der Waals surface area contributed by atoms with Crippen molar-refractivity contribution in [1.29, 1.82) is 0 Å². The summed E-state index contributed by atoms with van der Waals surface area (Å²) in [6.45, 7) is 0. The van der Waals surface area contributed by atoms with Crippen molar-refractivity contribution in [1.82, 2.24) is 29.9 Å². The molecule has 10 aromatic rings. The minimum absolute atomic E-state index is 0.582. The molecule has 0 aliphatic rings. The van der Waals surface area contributed by atoms with Gasteiger partial charge in [-0.1, -0.05) is 103 Å². The average Bonchev–Trinajstić information content (AvgIpc) is 3.77. The second-order valence-corrected chi connectivity index (χ2v) is 11.8. The fourth-order valence-corrected chi connectivity index (χ4v) is 6.56. The summed E-state index contributed by atoms with van der Waals surface area (Å²) >= 11 is 0. The fraction of sp³-hybridized carbons (Fsp3) is 0. The van der Waals surface area contributed by atoms with Crippen molar-refractivity contribution in [3.8, 4) is 39.9 Å². The van der Waals surface area contributed by atoms with E-state index in [9.17, 15) is 0 Å². The molecule has 224 valence electrons. The van der Waals surface area contributed by atoms with Gasteiger partial charge in [-0.3, -0.25) is 0 Å². The van der Waals surface area contributed by atoms with Gasteiger partial charge in [0.1, 0.15) is 22.2 Å². The van der Waals surface area contributed by atoms with E-state index in [0.29, 0.717) is 17.5 Å². The summed E-state index contributed by atoms with van der Waals surface area (Å²) in [7, 11) is 0. The van der Waals surface area contributed by atoms with Crippen LogP contribution in [-0.4, -0.2) is 29.9 Å². The molecule has 7 aromatic carbocycles. The molecule has 0 N–H and O–H groups in total. The first kappa shape index (κ1) is 26.5. The highest BCUT2D eigenvalue weighted by molar-refractivity contribution is 6.18. The molecule has 0 spiro atoms. The van der Waals surface area contributed by atoms with Gasteiger partial charge in [0.05, 0.1) is 5.69 Å². The zero-order valence-corrected chi connectivity index (χ0v) is 25.4. The monoisotopic (exact) mass is 616 g/mol. The standard InChI is InChI=1S/C41H24N6O/c1-3-9-26(10-4-1)39-42-40(44-41(43-39)29-18-21-33-32-13-7-8-14-35(32)48-36(33)24-29)28-17-20-31-27(23-28)16-15-25-19-22-34-38(37(25)31)46-47(45-34)30-11-5-2-6-12-30/h1-24H. The molecule has 0 amide bonds. The van der Waals surface area contributed by atoms with E-state index in [1.165, 1.54) is 0 Å². The van der Waals surface area contributed by atoms with Crippen molar-refractivity contribution in [3.63, 3.8) is 0 Å². The molecule has 7 nitrogen and oxygen atoms in total. The molecule has 0 radical (unpaired) electrons. The predicted octanol–water partition coefficient (Wildman–Crippen LogP) is 9.81. The van der Waals surface area contributed by atoms with Crippen molar-refractivity contribution in [2.24, 2.45) is 0 Å². The molecule has 0 fully saturated rings. The van der Waals surface area contributed by atoms with Crippen LogP contribution in [0.3, 0.4) is 0 Å². The van der Waals surface area contributed by atoms with E-state index >= 15 is 0 Å². The molecule has 7 heteroatoms. The van der Waals surface area contributed by atoms with E-state index in [2.05, 4.69) is 54.6 Å². The van der Waals surface area contributed by atoms with Crippen LogP contribution >= 0.6 is 0 Å². The molecule has 0 atom stereocenters. The Bertz CT molecular complexity index is 2840. The van der Waals surface area contributed by atoms with Gasteiger partial charge >= 0.3 is 0 Å². The molecule has 3 aromatic heterocycles. The molecule has 0 unspecified atom stereocenters. The van der Waals surface area contributed by atoms with Gasteiger partial charge in [-0.25, -0.2) is 15.0 Å². The van der Waals surface area contributed by atoms with E-state index < -0.39 is 0 Å². The van der Waals surface area contributed by atoms with Gasteiger partial charge in [0.15, 0.2) is 17.5 Å². The summed E-state index contributed by atoms with van der Waals surface area (Å²) in [4.78, 5) is 16.7. The third-order valence-corrected chi connectivity index (χ3v) is 8.90. The van der Waals surface area contributed by atoms with E-state index in [1.54, 1.807) is 4.80 Å². The highest BCUT2D eigenvalue weighted by Crippen LogP contribution is 2.35. The fourth-order valence-electron chi connectivity index (χ4n) is 6.56. The van der Waals surface area contributed by atoms with Gasteiger partial charge < -0.3 is 4.42 Å². The van der Waals surface area contributed by atoms with Gasteiger partial charge in [-0.2, -0.15) is 4.80 Å². The molecule has 10 rings (SSSR count). The zero-order valence-electron chi connectivity index (χ0n) is 25.4. The number of hydrogen-bond acceptors (Lipinski definition) is 6. The van der Waals surface area contributed by atoms with E-state index in [0.717, 1.165) is 76.9 Å². The van der Waals surface area contributed by atoms with Crippen LogP contribution in [-0.2, 0) is 0 Å². The molecular weight excluding hydrogens is 592 g/mol. The molecular formula is C41H24N6O. The SMILES string of the molecule is c1ccc(-c2nc(-c3ccc4c(ccc5ccc6nn(-c7ccccc7)nc6c54)c3)nc(-c3ccc4c(c3)oc3ccccc34)n2)cc1. The third-order valence-electron chi connectivity index (χ3n) is 8.90. The number of hydrogen-bond donors (Lipinski definition) is 0. The molecule has 48 heavy (non-hydrogen) atoms. The first-order valence-corrected chi connectivity index (χ1v) is 15.8. The predicted molar refractivity (Wildman–Crippen MR) is 191 cm³/mol. The molecule has 3 heterocycles. The maximum Gasteiger partial charge on any atom is 0.164 e. The molecule has 0 saturated carbocycles. The van der Waals surface area contributed by atoms with Crippen LogP contribution in [0.25, 0.3) is 94.4 Å². The molecule has 0 aliphatic carbocycles. The summed E-state index contributed by atoms with van der Waals surface area (Å²) in [5, 5.41) is 16.2. The lowest BCUT2D eigenvalue weighted by atomic mass is 9.99. The Morgan fingerprint density at radius 1 is 0.438 bits per heavy atom. The highest BCUT2D eigenvalue weighted by atomic mass is 16.3. The van der Waals surface area contributed by atoms with Crippen LogP contribution < -0.4 is 0 Å². The van der Waals surface area contributed by atoms with E-state index in [1.807, 2.05) is 91.0 Å². The topological polar surface area (TPSA) is 82.5 Å². The van der Waals surface area contributed by atoms with Crippen LogP contribution in [0.4, 0.5) is 0 Å². The van der Waals surface area contributed by atoms with E-state index in [4.69, 9.17) is 29.6 Å². The first-order valence-electron chi connectivity index (χ1n) is 15.8. The van der Waals surface area contributed by atoms with Gasteiger partial charge in [0, 0.05) is 32.8 Å². The highest BCUT2D eigenvalue weighted by Gasteiger charge is 2.16. The Balaban J connectivity index is 1.14. The quantitative estimate of drug-likeness (QED) is 0.183. The maximum absolute atomic E-state index is 6.20. The normalized spacial score (nSPS) is 11.8. The summed E-state index contributed by atoms with van der Waals surface area (Å²) < 4.78 is 6.20. The number of fused-ring (bicyclic) bond motifs is 8. The number of para-hydroxylation sites is 2. The van der Waals surface area contributed by atoms with Gasteiger partial charge in [-0.05, 0) is 58.6 Å². The number of aromatic nitrogens is 6. The number of benzene rings is 7. The van der Waals surface area contributed by atoms with Crippen LogP contribution in [0.5, 0.6) is 0 Å². The van der Waals surface area contributed by atoms with Crippen molar-refractivity contribution in [3.05, 3.63) is 146 Å². The van der Waals surface area contributed by atoms with Crippen molar-refractivity contribution >= 4 is 54.5 Å². The van der Waals surface area contributed by atoms with Crippen LogP contribution in [0.15, 0.2) is 150 Å². The van der Waals surface area contributed by atoms with Crippen molar-refractivity contribution in [2.45, 2.75) is 0 Å². The first-order chi connectivity index (χ1) is 23.7. The largest absolute Gasteiger partial charge is 0.456 e. The Hall–Kier alpha value is -6.73. The van der Waals surface area contributed by atoms with Crippen molar-refractivity contribution < 1.29 is 4.42 Å². The van der Waals surface area contributed by atoms with Crippen molar-refractivity contribution in [2.75, 3.05) is 0 Å². The second-order valence-electron chi connectivity index (χ2n) is 11.8. The second kappa shape index (κ2) is 10.4. The lowest BCUT2D eigenvalue weighted by molar-refractivity contribution is 0.669. The van der Waals surface area contributed by atoms with Crippen LogP contribution in [0.1, 0.15) is 0 Å². The molecule has 0 saturated heterocycles. The Labute approximate surface area is 273 Å². The average molecular weight is 617 g/mol. The number of furan rings is 1.